The van der Waals surface area contributed by atoms with Crippen molar-refractivity contribution in [2.75, 3.05) is 0 Å². The van der Waals surface area contributed by atoms with Crippen LogP contribution in [0.4, 0.5) is 0 Å². The molecule has 0 saturated heterocycles. The van der Waals surface area contributed by atoms with Gasteiger partial charge in [0, 0.05) is 0 Å². The van der Waals surface area contributed by atoms with E-state index in [-0.39, 0.29) is 0 Å². The summed E-state index contributed by atoms with van der Waals surface area (Å²) >= 11 is 0. The Bertz CT molecular complexity index is 19.2. The molecule has 0 aromatic carbocycles. The predicted octanol–water partition coefficient (Wildman–Crippen LogP) is 2.79. The first-order valence-corrected chi connectivity index (χ1v) is 3.23. The fourth-order valence-corrected chi connectivity index (χ4v) is 0.553. The summed E-state index contributed by atoms with van der Waals surface area (Å²) in [6, 6.07) is 0. The van der Waals surface area contributed by atoms with E-state index in [0.717, 1.165) is 0 Å². The topological polar surface area (TPSA) is 0 Å². The van der Waals surface area contributed by atoms with Crippen molar-refractivity contribution in [1.29, 1.82) is 0 Å². The zero-order chi connectivity index (χ0) is 5.54. The SMILES string of the molecule is CCC[CH-]CCC. The number of hydrogen-bond donors (Lipinski definition) is 0. The molecule has 0 N–H and O–H groups in total. The summed E-state index contributed by atoms with van der Waals surface area (Å²) in [6.07, 6.45) is 7.57. The van der Waals surface area contributed by atoms with E-state index >= 15 is 0 Å². The van der Waals surface area contributed by atoms with Crippen LogP contribution in [0.15, 0.2) is 0 Å². The van der Waals surface area contributed by atoms with Gasteiger partial charge in [0.1, 0.15) is 0 Å². The van der Waals surface area contributed by atoms with Crippen LogP contribution in [0.5, 0.6) is 0 Å². The lowest BCUT2D eigenvalue weighted by Crippen LogP contribution is -1.72. The lowest BCUT2D eigenvalue weighted by atomic mass is 10.2. The van der Waals surface area contributed by atoms with Crippen molar-refractivity contribution in [2.24, 2.45) is 0 Å². The molecule has 0 fully saturated rings. The molecule has 0 rings (SSSR count). The van der Waals surface area contributed by atoms with Gasteiger partial charge in [0.15, 0.2) is 0 Å². The predicted molar refractivity (Wildman–Crippen MR) is 34.1 cm³/mol. The third-order valence-corrected chi connectivity index (χ3v) is 0.986. The number of rotatable bonds is 4. The van der Waals surface area contributed by atoms with E-state index in [1.807, 2.05) is 0 Å². The Balaban J connectivity index is 2.45. The highest BCUT2D eigenvalue weighted by molar-refractivity contribution is 4.60. The van der Waals surface area contributed by atoms with E-state index in [0.29, 0.717) is 0 Å². The Kier molecular flexibility index (Phi) is 6.00. The summed E-state index contributed by atoms with van der Waals surface area (Å²) < 4.78 is 0. The molecule has 0 heteroatoms. The molecule has 7 heavy (non-hydrogen) atoms. The monoisotopic (exact) mass is 99.1 g/mol. The van der Waals surface area contributed by atoms with E-state index in [1.165, 1.54) is 25.7 Å². The van der Waals surface area contributed by atoms with Gasteiger partial charge in [-0.15, -0.1) is 0 Å². The maximum atomic E-state index is 2.36. The zero-order valence-electron chi connectivity index (χ0n) is 5.41. The van der Waals surface area contributed by atoms with Crippen LogP contribution in [-0.4, -0.2) is 0 Å². The molecule has 0 spiro atoms. The van der Waals surface area contributed by atoms with E-state index < -0.39 is 0 Å². The molecule has 0 bridgehead atoms. The Labute approximate surface area is 46.9 Å². The molecular formula is C7H15-. The molecule has 0 aliphatic rings. The average Bonchev–Trinajstić information content (AvgIpc) is 1.69. The van der Waals surface area contributed by atoms with Crippen LogP contribution < -0.4 is 0 Å². The van der Waals surface area contributed by atoms with Crippen LogP contribution in [0.3, 0.4) is 0 Å². The van der Waals surface area contributed by atoms with E-state index in [1.54, 1.807) is 0 Å². The average molecular weight is 99.2 g/mol. The summed E-state index contributed by atoms with van der Waals surface area (Å²) in [4.78, 5) is 0. The quantitative estimate of drug-likeness (QED) is 0.375. The van der Waals surface area contributed by atoms with Crippen molar-refractivity contribution in [2.45, 2.75) is 39.5 Å². The Morgan fingerprint density at radius 1 is 1.00 bits per heavy atom. The minimum atomic E-state index is 1.30. The molecule has 0 amide bonds. The third-order valence-electron chi connectivity index (χ3n) is 0.986. The van der Waals surface area contributed by atoms with Crippen molar-refractivity contribution in [1.82, 2.24) is 0 Å². The highest BCUT2D eigenvalue weighted by atomic mass is 13.9. The fraction of sp³-hybridized carbons (Fsp3) is 0.857. The Morgan fingerprint density at radius 2 is 1.43 bits per heavy atom. The van der Waals surface area contributed by atoms with Gasteiger partial charge in [0.25, 0.3) is 0 Å². The van der Waals surface area contributed by atoms with Crippen LogP contribution in [0.2, 0.25) is 0 Å². The molecule has 0 aliphatic carbocycles. The Morgan fingerprint density at radius 3 is 1.71 bits per heavy atom. The van der Waals surface area contributed by atoms with Gasteiger partial charge in [-0.05, 0) is 0 Å². The van der Waals surface area contributed by atoms with Crippen molar-refractivity contribution in [3.8, 4) is 0 Å². The maximum absolute atomic E-state index is 2.36. The second kappa shape index (κ2) is 6.00. The van der Waals surface area contributed by atoms with Gasteiger partial charge in [0.05, 0.1) is 0 Å². The third kappa shape index (κ3) is 6.00. The molecule has 0 radical (unpaired) electrons. The van der Waals surface area contributed by atoms with Crippen LogP contribution in [0, 0.1) is 6.42 Å². The first kappa shape index (κ1) is 7.00. The van der Waals surface area contributed by atoms with Gasteiger partial charge in [-0.1, -0.05) is 26.7 Å². The van der Waals surface area contributed by atoms with Crippen LogP contribution in [0.1, 0.15) is 39.5 Å². The summed E-state index contributed by atoms with van der Waals surface area (Å²) in [5.74, 6) is 0. The van der Waals surface area contributed by atoms with Gasteiger partial charge < -0.3 is 6.42 Å². The van der Waals surface area contributed by atoms with Gasteiger partial charge in [-0.3, -0.25) is 0 Å². The standard InChI is InChI=1S/C7H15/c1-3-5-7-6-4-2/h7H,3-6H2,1-2H3/q-1. The minimum Gasteiger partial charge on any atom is -0.329 e. The highest BCUT2D eigenvalue weighted by Gasteiger charge is 1.67. The molecular weight excluding hydrogens is 84.1 g/mol. The smallest absolute Gasteiger partial charge is 0.0678 e. The fourth-order valence-electron chi connectivity index (χ4n) is 0.553. The van der Waals surface area contributed by atoms with Crippen molar-refractivity contribution >= 4 is 0 Å². The van der Waals surface area contributed by atoms with Crippen LogP contribution >= 0.6 is 0 Å². The lowest BCUT2D eigenvalue weighted by Gasteiger charge is -2.04. The largest absolute Gasteiger partial charge is 0.329 e. The normalized spacial score (nSPS) is 9.43. The molecule has 0 atom stereocenters. The number of hydrogen-bond acceptors (Lipinski definition) is 0. The summed E-state index contributed by atoms with van der Waals surface area (Å²) in [5.41, 5.74) is 0. The van der Waals surface area contributed by atoms with Crippen molar-refractivity contribution in [3.63, 3.8) is 0 Å². The van der Waals surface area contributed by atoms with Crippen molar-refractivity contribution < 1.29 is 0 Å². The van der Waals surface area contributed by atoms with Crippen LogP contribution in [-0.2, 0) is 0 Å². The van der Waals surface area contributed by atoms with Gasteiger partial charge >= 0.3 is 0 Å². The molecule has 0 unspecified atom stereocenters. The molecule has 0 aliphatic heterocycles. The van der Waals surface area contributed by atoms with Crippen molar-refractivity contribution in [3.05, 3.63) is 6.42 Å². The summed E-state index contributed by atoms with van der Waals surface area (Å²) in [6.45, 7) is 4.43. The van der Waals surface area contributed by atoms with Gasteiger partial charge in [0.2, 0.25) is 0 Å². The molecule has 0 saturated carbocycles. The van der Waals surface area contributed by atoms with E-state index in [2.05, 4.69) is 20.3 Å². The second-order valence-corrected chi connectivity index (χ2v) is 1.87. The van der Waals surface area contributed by atoms with Gasteiger partial charge in [-0.2, -0.15) is 12.8 Å². The van der Waals surface area contributed by atoms with E-state index in [4.69, 9.17) is 0 Å². The second-order valence-electron chi connectivity index (χ2n) is 1.87. The summed E-state index contributed by atoms with van der Waals surface area (Å²) in [7, 11) is 0. The van der Waals surface area contributed by atoms with E-state index in [9.17, 15) is 0 Å². The first-order valence-electron chi connectivity index (χ1n) is 3.23. The molecule has 0 aromatic heterocycles. The molecule has 44 valence electrons. The maximum Gasteiger partial charge on any atom is -0.0678 e. The Hall–Kier alpha value is 0. The lowest BCUT2D eigenvalue weighted by molar-refractivity contribution is 0.796. The molecule has 0 heterocycles. The zero-order valence-corrected chi connectivity index (χ0v) is 5.41. The van der Waals surface area contributed by atoms with Gasteiger partial charge in [-0.25, -0.2) is 0 Å². The molecule has 0 aromatic rings. The summed E-state index contributed by atoms with van der Waals surface area (Å²) in [5, 5.41) is 0. The number of unbranched alkanes of at least 4 members (excludes halogenated alkanes) is 4. The van der Waals surface area contributed by atoms with Crippen LogP contribution in [0.25, 0.3) is 0 Å². The highest BCUT2D eigenvalue weighted by Crippen LogP contribution is 1.98. The minimum absolute atomic E-state index is 1.30. The first-order chi connectivity index (χ1) is 3.41. The molecule has 0 nitrogen and oxygen atoms in total.